The summed E-state index contributed by atoms with van der Waals surface area (Å²) >= 11 is 1.64. The van der Waals surface area contributed by atoms with Crippen LogP contribution in [-0.4, -0.2) is 27.2 Å². The van der Waals surface area contributed by atoms with Gasteiger partial charge in [0.2, 0.25) is 5.91 Å². The second-order valence-electron chi connectivity index (χ2n) is 6.06. The smallest absolute Gasteiger partial charge is 0.224 e. The van der Waals surface area contributed by atoms with Crippen molar-refractivity contribution in [1.82, 2.24) is 20.1 Å². The predicted octanol–water partition coefficient (Wildman–Crippen LogP) is 3.16. The molecule has 0 unspecified atom stereocenters. The minimum Gasteiger partial charge on any atom is -0.355 e. The summed E-state index contributed by atoms with van der Waals surface area (Å²) in [6.45, 7) is 6.55. The summed E-state index contributed by atoms with van der Waals surface area (Å²) in [5, 5.41) is 10.7. The van der Waals surface area contributed by atoms with Crippen LogP contribution in [0.2, 0.25) is 0 Å². The third-order valence-corrected chi connectivity index (χ3v) is 5.13. The fourth-order valence-electron chi connectivity index (χ4n) is 2.80. The van der Waals surface area contributed by atoms with Crippen molar-refractivity contribution in [2.75, 3.05) is 6.54 Å². The molecule has 3 rings (SSSR count). The molecule has 0 spiro atoms. The van der Waals surface area contributed by atoms with Gasteiger partial charge in [0.05, 0.1) is 22.8 Å². The van der Waals surface area contributed by atoms with Crippen molar-refractivity contribution < 1.29 is 4.79 Å². The Morgan fingerprint density at radius 1 is 1.20 bits per heavy atom. The highest BCUT2D eigenvalue weighted by molar-refractivity contribution is 7.09. The van der Waals surface area contributed by atoms with Crippen molar-refractivity contribution in [2.24, 2.45) is 0 Å². The first-order chi connectivity index (χ1) is 12.0. The van der Waals surface area contributed by atoms with E-state index in [1.165, 1.54) is 0 Å². The molecule has 0 aliphatic rings. The molecule has 0 aliphatic heterocycles. The van der Waals surface area contributed by atoms with E-state index >= 15 is 0 Å². The van der Waals surface area contributed by atoms with Crippen LogP contribution in [0.15, 0.2) is 35.7 Å². The van der Waals surface area contributed by atoms with Crippen molar-refractivity contribution in [2.45, 2.75) is 33.6 Å². The quantitative estimate of drug-likeness (QED) is 0.740. The number of para-hydroxylation sites is 1. The summed E-state index contributed by atoms with van der Waals surface area (Å²) in [7, 11) is 0. The number of benzene rings is 1. The van der Waals surface area contributed by atoms with Crippen molar-refractivity contribution >= 4 is 17.2 Å². The van der Waals surface area contributed by atoms with Crippen LogP contribution in [0, 0.1) is 20.8 Å². The van der Waals surface area contributed by atoms with Gasteiger partial charge >= 0.3 is 0 Å². The second kappa shape index (κ2) is 7.61. The molecule has 0 atom stereocenters. The molecule has 25 heavy (non-hydrogen) atoms. The maximum absolute atomic E-state index is 12.3. The molecule has 1 N–H and O–H groups in total. The molecule has 0 radical (unpaired) electrons. The predicted molar refractivity (Wildman–Crippen MR) is 100 cm³/mol. The molecule has 5 nitrogen and oxygen atoms in total. The Morgan fingerprint density at radius 2 is 1.96 bits per heavy atom. The summed E-state index contributed by atoms with van der Waals surface area (Å²) in [5.74, 6) is 0.0205. The molecule has 2 heterocycles. The van der Waals surface area contributed by atoms with E-state index in [1.54, 1.807) is 11.3 Å². The van der Waals surface area contributed by atoms with Gasteiger partial charge in [0.25, 0.3) is 0 Å². The number of rotatable bonds is 6. The molecule has 3 aromatic rings. The van der Waals surface area contributed by atoms with Gasteiger partial charge < -0.3 is 5.32 Å². The van der Waals surface area contributed by atoms with Crippen LogP contribution in [-0.2, 0) is 17.6 Å². The van der Waals surface area contributed by atoms with Crippen molar-refractivity contribution in [3.63, 3.8) is 0 Å². The Kier molecular flexibility index (Phi) is 5.28. The monoisotopic (exact) mass is 354 g/mol. The zero-order chi connectivity index (χ0) is 17.8. The first-order valence-corrected chi connectivity index (χ1v) is 9.21. The van der Waals surface area contributed by atoms with Crippen LogP contribution in [0.5, 0.6) is 0 Å². The Morgan fingerprint density at radius 3 is 2.64 bits per heavy atom. The van der Waals surface area contributed by atoms with Gasteiger partial charge in [0.15, 0.2) is 0 Å². The van der Waals surface area contributed by atoms with Gasteiger partial charge in [-0.3, -0.25) is 4.79 Å². The maximum Gasteiger partial charge on any atom is 0.224 e. The number of thiazole rings is 1. The fraction of sp³-hybridized carbons (Fsp3) is 0.316. The maximum atomic E-state index is 12.3. The summed E-state index contributed by atoms with van der Waals surface area (Å²) in [6, 6.07) is 9.98. The standard InChI is InChI=1S/C19H22N4OS/c1-13-12-25-19(21-13)9-10-20-18(24)11-17-14(2)22-23(15(17)3)16-7-5-4-6-8-16/h4-8,12H,9-11H2,1-3H3,(H,20,24). The average molecular weight is 354 g/mol. The largest absolute Gasteiger partial charge is 0.355 e. The van der Waals surface area contributed by atoms with E-state index in [1.807, 2.05) is 61.2 Å². The zero-order valence-corrected chi connectivity index (χ0v) is 15.6. The lowest BCUT2D eigenvalue weighted by atomic mass is 10.1. The van der Waals surface area contributed by atoms with Gasteiger partial charge in [-0.1, -0.05) is 18.2 Å². The summed E-state index contributed by atoms with van der Waals surface area (Å²) in [5.41, 5.74) is 4.94. The van der Waals surface area contributed by atoms with Gasteiger partial charge in [-0.15, -0.1) is 11.3 Å². The summed E-state index contributed by atoms with van der Waals surface area (Å²) in [6.07, 6.45) is 1.12. The number of nitrogens with zero attached hydrogens (tertiary/aromatic N) is 3. The SMILES string of the molecule is Cc1csc(CCNC(=O)Cc2c(C)nn(-c3ccccc3)c2C)n1. The number of aryl methyl sites for hydroxylation is 2. The van der Waals surface area contributed by atoms with Crippen LogP contribution in [0.4, 0.5) is 0 Å². The van der Waals surface area contributed by atoms with Crippen LogP contribution in [0.25, 0.3) is 5.69 Å². The number of nitrogens with one attached hydrogen (secondary N) is 1. The fourth-order valence-corrected chi connectivity index (χ4v) is 3.58. The highest BCUT2D eigenvalue weighted by Crippen LogP contribution is 2.18. The van der Waals surface area contributed by atoms with Crippen molar-refractivity contribution in [1.29, 1.82) is 0 Å². The second-order valence-corrected chi connectivity index (χ2v) is 7.00. The Labute approximate surface area is 151 Å². The summed E-state index contributed by atoms with van der Waals surface area (Å²) in [4.78, 5) is 16.7. The lowest BCUT2D eigenvalue weighted by Gasteiger charge is -2.06. The van der Waals surface area contributed by atoms with Crippen LogP contribution >= 0.6 is 11.3 Å². The molecule has 130 valence electrons. The number of carbonyl (C=O) groups excluding carboxylic acids is 1. The lowest BCUT2D eigenvalue weighted by Crippen LogP contribution is -2.27. The minimum atomic E-state index is 0.0205. The van der Waals surface area contributed by atoms with Gasteiger partial charge in [0.1, 0.15) is 0 Å². The molecule has 1 amide bonds. The zero-order valence-electron chi connectivity index (χ0n) is 14.7. The first kappa shape index (κ1) is 17.4. The van der Waals surface area contributed by atoms with Gasteiger partial charge in [0, 0.05) is 35.3 Å². The third kappa shape index (κ3) is 4.14. The average Bonchev–Trinajstić information content (AvgIpc) is 3.13. The van der Waals surface area contributed by atoms with E-state index in [0.29, 0.717) is 13.0 Å². The molecular weight excluding hydrogens is 332 g/mol. The minimum absolute atomic E-state index is 0.0205. The molecule has 0 aliphatic carbocycles. The molecule has 0 saturated carbocycles. The Balaban J connectivity index is 1.62. The first-order valence-electron chi connectivity index (χ1n) is 8.33. The molecule has 0 bridgehead atoms. The molecule has 0 saturated heterocycles. The highest BCUT2D eigenvalue weighted by atomic mass is 32.1. The Bertz CT molecular complexity index is 867. The Hall–Kier alpha value is -2.47. The van der Waals surface area contributed by atoms with Crippen LogP contribution in [0.1, 0.15) is 27.7 Å². The van der Waals surface area contributed by atoms with Crippen LogP contribution in [0.3, 0.4) is 0 Å². The normalized spacial score (nSPS) is 10.8. The van der Waals surface area contributed by atoms with Crippen molar-refractivity contribution in [3.05, 3.63) is 63.4 Å². The lowest BCUT2D eigenvalue weighted by molar-refractivity contribution is -0.120. The molecule has 1 aromatic carbocycles. The topological polar surface area (TPSA) is 59.8 Å². The number of hydrogen-bond donors (Lipinski definition) is 1. The van der Waals surface area contributed by atoms with Crippen molar-refractivity contribution in [3.8, 4) is 5.69 Å². The molecule has 2 aromatic heterocycles. The summed E-state index contributed by atoms with van der Waals surface area (Å²) < 4.78 is 1.90. The molecule has 6 heteroatoms. The van der Waals surface area contributed by atoms with Gasteiger partial charge in [-0.25, -0.2) is 9.67 Å². The number of carbonyl (C=O) groups is 1. The third-order valence-electron chi connectivity index (χ3n) is 4.11. The van der Waals surface area contributed by atoms with E-state index in [2.05, 4.69) is 15.4 Å². The van der Waals surface area contributed by atoms with E-state index in [4.69, 9.17) is 0 Å². The number of aromatic nitrogens is 3. The van der Waals surface area contributed by atoms with Crippen LogP contribution < -0.4 is 5.32 Å². The number of amides is 1. The highest BCUT2D eigenvalue weighted by Gasteiger charge is 2.15. The van der Waals surface area contributed by atoms with Gasteiger partial charge in [-0.05, 0) is 32.9 Å². The van der Waals surface area contributed by atoms with Gasteiger partial charge in [-0.2, -0.15) is 5.10 Å². The van der Waals surface area contributed by atoms with E-state index in [0.717, 1.165) is 39.8 Å². The van der Waals surface area contributed by atoms with E-state index < -0.39 is 0 Å². The van der Waals surface area contributed by atoms with E-state index in [-0.39, 0.29) is 5.91 Å². The molecule has 0 fully saturated rings. The number of hydrogen-bond acceptors (Lipinski definition) is 4. The van der Waals surface area contributed by atoms with E-state index in [9.17, 15) is 4.79 Å². The molecular formula is C19H22N4OS.